The van der Waals surface area contributed by atoms with E-state index in [1.165, 1.54) is 5.56 Å². The number of rotatable bonds is 4. The van der Waals surface area contributed by atoms with Crippen LogP contribution in [0.2, 0.25) is 0 Å². The summed E-state index contributed by atoms with van der Waals surface area (Å²) in [6, 6.07) is 8.21. The van der Waals surface area contributed by atoms with Gasteiger partial charge < -0.3 is 4.74 Å². The number of ether oxygens (including phenoxy) is 1. The highest BCUT2D eigenvalue weighted by Gasteiger charge is 2.24. The predicted octanol–water partition coefficient (Wildman–Crippen LogP) is 4.43. The molecule has 0 radical (unpaired) electrons. The molecule has 0 aliphatic rings. The van der Waals surface area contributed by atoms with Crippen molar-refractivity contribution >= 4 is 15.9 Å². The summed E-state index contributed by atoms with van der Waals surface area (Å²) >= 11 is 3.56. The SMILES string of the molecule is Cc1cccc(OCC(CBr)C(C)(C)C)c1. The first-order chi connectivity index (χ1) is 7.43. The molecular weight excluding hydrogens is 264 g/mol. The second-order valence-electron chi connectivity index (χ2n) is 5.34. The van der Waals surface area contributed by atoms with Gasteiger partial charge in [-0.25, -0.2) is 0 Å². The Balaban J connectivity index is 2.56. The highest BCUT2D eigenvalue weighted by molar-refractivity contribution is 9.09. The van der Waals surface area contributed by atoms with Gasteiger partial charge in [0.25, 0.3) is 0 Å². The van der Waals surface area contributed by atoms with Gasteiger partial charge in [-0.2, -0.15) is 0 Å². The molecule has 1 nitrogen and oxygen atoms in total. The van der Waals surface area contributed by atoms with Gasteiger partial charge in [0.1, 0.15) is 5.75 Å². The monoisotopic (exact) mass is 284 g/mol. The molecule has 0 spiro atoms. The van der Waals surface area contributed by atoms with E-state index in [0.29, 0.717) is 5.92 Å². The van der Waals surface area contributed by atoms with Gasteiger partial charge in [-0.3, -0.25) is 0 Å². The average Bonchev–Trinajstić information content (AvgIpc) is 2.16. The lowest BCUT2D eigenvalue weighted by Gasteiger charge is -2.29. The third-order valence-electron chi connectivity index (χ3n) is 2.85. The van der Waals surface area contributed by atoms with Crippen LogP contribution in [-0.4, -0.2) is 11.9 Å². The minimum atomic E-state index is 0.271. The van der Waals surface area contributed by atoms with Gasteiger partial charge in [0.05, 0.1) is 6.61 Å². The van der Waals surface area contributed by atoms with E-state index >= 15 is 0 Å². The Labute approximate surface area is 107 Å². The van der Waals surface area contributed by atoms with Crippen molar-refractivity contribution in [3.63, 3.8) is 0 Å². The molecule has 90 valence electrons. The smallest absolute Gasteiger partial charge is 0.119 e. The van der Waals surface area contributed by atoms with E-state index in [-0.39, 0.29) is 5.41 Å². The number of alkyl halides is 1. The maximum atomic E-state index is 5.84. The molecule has 0 saturated carbocycles. The van der Waals surface area contributed by atoms with E-state index in [4.69, 9.17) is 4.74 Å². The van der Waals surface area contributed by atoms with Crippen molar-refractivity contribution < 1.29 is 4.74 Å². The van der Waals surface area contributed by atoms with Crippen molar-refractivity contribution in [2.24, 2.45) is 11.3 Å². The van der Waals surface area contributed by atoms with E-state index in [0.717, 1.165) is 17.7 Å². The van der Waals surface area contributed by atoms with Gasteiger partial charge in [-0.1, -0.05) is 48.8 Å². The zero-order valence-electron chi connectivity index (χ0n) is 10.6. The number of aryl methyl sites for hydroxylation is 1. The van der Waals surface area contributed by atoms with Gasteiger partial charge in [-0.15, -0.1) is 0 Å². The lowest BCUT2D eigenvalue weighted by atomic mass is 9.83. The Hall–Kier alpha value is -0.500. The summed E-state index contributed by atoms with van der Waals surface area (Å²) in [5, 5.41) is 0.975. The van der Waals surface area contributed by atoms with Gasteiger partial charge >= 0.3 is 0 Å². The van der Waals surface area contributed by atoms with Crippen molar-refractivity contribution in [1.29, 1.82) is 0 Å². The lowest BCUT2D eigenvalue weighted by molar-refractivity contribution is 0.166. The molecule has 1 aromatic rings. The first kappa shape index (κ1) is 13.6. The van der Waals surface area contributed by atoms with E-state index in [9.17, 15) is 0 Å². The molecule has 1 unspecified atom stereocenters. The van der Waals surface area contributed by atoms with Crippen LogP contribution in [-0.2, 0) is 0 Å². The molecule has 0 fully saturated rings. The number of hydrogen-bond acceptors (Lipinski definition) is 1. The standard InChI is InChI=1S/C14H21BrO/c1-11-6-5-7-13(8-11)16-10-12(9-15)14(2,3)4/h5-8,12H,9-10H2,1-4H3. The maximum absolute atomic E-state index is 5.84. The molecule has 1 atom stereocenters. The predicted molar refractivity (Wildman–Crippen MR) is 73.4 cm³/mol. The molecule has 1 aromatic carbocycles. The fourth-order valence-electron chi connectivity index (χ4n) is 1.43. The number of hydrogen-bond donors (Lipinski definition) is 0. The van der Waals surface area contributed by atoms with E-state index in [1.807, 2.05) is 12.1 Å². The Kier molecular flexibility index (Phi) is 4.85. The normalized spacial score (nSPS) is 13.6. The first-order valence-electron chi connectivity index (χ1n) is 5.69. The highest BCUT2D eigenvalue weighted by atomic mass is 79.9. The summed E-state index contributed by atoms with van der Waals surface area (Å²) in [7, 11) is 0. The van der Waals surface area contributed by atoms with Crippen molar-refractivity contribution in [2.75, 3.05) is 11.9 Å². The second-order valence-corrected chi connectivity index (χ2v) is 5.99. The largest absolute Gasteiger partial charge is 0.493 e. The van der Waals surface area contributed by atoms with Gasteiger partial charge in [0, 0.05) is 11.2 Å². The maximum Gasteiger partial charge on any atom is 0.119 e. The van der Waals surface area contributed by atoms with Gasteiger partial charge in [0.15, 0.2) is 0 Å². The summed E-state index contributed by atoms with van der Waals surface area (Å²) in [5.41, 5.74) is 1.51. The van der Waals surface area contributed by atoms with E-state index < -0.39 is 0 Å². The van der Waals surface area contributed by atoms with Crippen LogP contribution in [0.4, 0.5) is 0 Å². The number of halogens is 1. The third-order valence-corrected chi connectivity index (χ3v) is 3.63. The quantitative estimate of drug-likeness (QED) is 0.743. The molecular formula is C14H21BrO. The molecule has 1 rings (SSSR count). The van der Waals surface area contributed by atoms with Crippen molar-refractivity contribution in [3.8, 4) is 5.75 Å². The Bertz CT molecular complexity index is 328. The minimum Gasteiger partial charge on any atom is -0.493 e. The van der Waals surface area contributed by atoms with Crippen molar-refractivity contribution in [3.05, 3.63) is 29.8 Å². The molecule has 0 saturated heterocycles. The second kappa shape index (κ2) is 5.72. The molecule has 0 aromatic heterocycles. The van der Waals surface area contributed by atoms with Gasteiger partial charge in [0.2, 0.25) is 0 Å². The van der Waals surface area contributed by atoms with Crippen LogP contribution in [0.1, 0.15) is 26.3 Å². The summed E-state index contributed by atoms with van der Waals surface area (Å²) in [5.74, 6) is 1.49. The molecule has 0 aliphatic heterocycles. The highest BCUT2D eigenvalue weighted by Crippen LogP contribution is 2.28. The molecule has 0 heterocycles. The molecule has 16 heavy (non-hydrogen) atoms. The molecule has 0 aliphatic carbocycles. The van der Waals surface area contributed by atoms with Crippen LogP contribution in [0, 0.1) is 18.3 Å². The van der Waals surface area contributed by atoms with Crippen LogP contribution in [0.3, 0.4) is 0 Å². The lowest BCUT2D eigenvalue weighted by Crippen LogP contribution is -2.27. The molecule has 0 bridgehead atoms. The van der Waals surface area contributed by atoms with Gasteiger partial charge in [-0.05, 0) is 30.0 Å². The average molecular weight is 285 g/mol. The zero-order chi connectivity index (χ0) is 12.2. The summed E-state index contributed by atoms with van der Waals surface area (Å²) in [6.45, 7) is 9.59. The topological polar surface area (TPSA) is 9.23 Å². The van der Waals surface area contributed by atoms with E-state index in [1.54, 1.807) is 0 Å². The Morgan fingerprint density at radius 2 is 2.00 bits per heavy atom. The third kappa shape index (κ3) is 4.17. The van der Waals surface area contributed by atoms with Crippen molar-refractivity contribution in [1.82, 2.24) is 0 Å². The van der Waals surface area contributed by atoms with Crippen LogP contribution in [0.5, 0.6) is 5.75 Å². The minimum absolute atomic E-state index is 0.271. The summed E-state index contributed by atoms with van der Waals surface area (Å²) in [4.78, 5) is 0. The molecule has 0 N–H and O–H groups in total. The summed E-state index contributed by atoms with van der Waals surface area (Å²) in [6.07, 6.45) is 0. The first-order valence-corrected chi connectivity index (χ1v) is 6.81. The fourth-order valence-corrected chi connectivity index (χ4v) is 2.59. The Morgan fingerprint density at radius 3 is 2.50 bits per heavy atom. The van der Waals surface area contributed by atoms with Crippen molar-refractivity contribution in [2.45, 2.75) is 27.7 Å². The fraction of sp³-hybridized carbons (Fsp3) is 0.571. The number of benzene rings is 1. The van der Waals surface area contributed by atoms with Crippen LogP contribution in [0.15, 0.2) is 24.3 Å². The van der Waals surface area contributed by atoms with Crippen LogP contribution >= 0.6 is 15.9 Å². The zero-order valence-corrected chi connectivity index (χ0v) is 12.2. The Morgan fingerprint density at radius 1 is 1.31 bits per heavy atom. The van der Waals surface area contributed by atoms with Crippen LogP contribution < -0.4 is 4.74 Å². The molecule has 2 heteroatoms. The summed E-state index contributed by atoms with van der Waals surface area (Å²) < 4.78 is 5.84. The van der Waals surface area contributed by atoms with Crippen LogP contribution in [0.25, 0.3) is 0 Å². The molecule has 0 amide bonds. The van der Waals surface area contributed by atoms with E-state index in [2.05, 4.69) is 55.8 Å².